The molecule has 0 radical (unpaired) electrons. The summed E-state index contributed by atoms with van der Waals surface area (Å²) in [4.78, 5) is 0. The Morgan fingerprint density at radius 2 is 1.71 bits per heavy atom. The average molecular weight is 346 g/mol. The Balaban J connectivity index is 1.78. The fourth-order valence-electron chi connectivity index (χ4n) is 2.83. The van der Waals surface area contributed by atoms with Crippen LogP contribution in [0.3, 0.4) is 0 Å². The zero-order chi connectivity index (χ0) is 14.7. The Morgan fingerprint density at radius 3 is 2.48 bits per heavy atom. The van der Waals surface area contributed by atoms with Gasteiger partial charge in [-0.2, -0.15) is 0 Å². The molecule has 2 aromatic carbocycles. The van der Waals surface area contributed by atoms with E-state index in [1.54, 1.807) is 0 Å². The van der Waals surface area contributed by atoms with E-state index in [0.717, 1.165) is 22.5 Å². The van der Waals surface area contributed by atoms with Crippen molar-refractivity contribution in [3.05, 3.63) is 57.6 Å². The fourth-order valence-corrected chi connectivity index (χ4v) is 3.33. The highest BCUT2D eigenvalue weighted by Crippen LogP contribution is 2.30. The van der Waals surface area contributed by atoms with Gasteiger partial charge in [-0.25, -0.2) is 0 Å². The maximum Gasteiger partial charge on any atom is 0.128 e. The van der Waals surface area contributed by atoms with E-state index in [-0.39, 0.29) is 0 Å². The van der Waals surface area contributed by atoms with E-state index in [0.29, 0.717) is 0 Å². The van der Waals surface area contributed by atoms with Crippen molar-refractivity contribution >= 4 is 15.9 Å². The minimum absolute atomic E-state index is 0.847. The van der Waals surface area contributed by atoms with Crippen molar-refractivity contribution < 1.29 is 4.74 Å². The molecule has 0 aliphatic heterocycles. The molecule has 2 nitrogen and oxygen atoms in total. The average Bonchev–Trinajstić information content (AvgIpc) is 2.50. The third kappa shape index (κ3) is 3.47. The van der Waals surface area contributed by atoms with Gasteiger partial charge in [-0.15, -0.1) is 0 Å². The van der Waals surface area contributed by atoms with Crippen LogP contribution < -0.4 is 10.1 Å². The first-order valence-corrected chi connectivity index (χ1v) is 8.28. The third-order valence-electron chi connectivity index (χ3n) is 3.95. The molecule has 110 valence electrons. The molecule has 0 fully saturated rings. The van der Waals surface area contributed by atoms with Crippen molar-refractivity contribution in [2.45, 2.75) is 32.2 Å². The Morgan fingerprint density at radius 1 is 1.00 bits per heavy atom. The van der Waals surface area contributed by atoms with Crippen molar-refractivity contribution in [2.75, 3.05) is 7.05 Å². The van der Waals surface area contributed by atoms with Crippen molar-refractivity contribution in [3.8, 4) is 11.5 Å². The van der Waals surface area contributed by atoms with Crippen LogP contribution >= 0.6 is 15.9 Å². The maximum absolute atomic E-state index is 6.01. The van der Waals surface area contributed by atoms with E-state index >= 15 is 0 Å². The molecule has 3 heteroatoms. The molecule has 0 saturated carbocycles. The van der Waals surface area contributed by atoms with E-state index in [9.17, 15) is 0 Å². The van der Waals surface area contributed by atoms with Crippen LogP contribution in [0.2, 0.25) is 0 Å². The molecule has 0 spiro atoms. The number of halogens is 1. The van der Waals surface area contributed by atoms with Crippen molar-refractivity contribution in [1.29, 1.82) is 0 Å². The zero-order valence-electron chi connectivity index (χ0n) is 12.3. The molecule has 2 aromatic rings. The number of nitrogens with one attached hydrogen (secondary N) is 1. The normalized spacial score (nSPS) is 13.8. The molecule has 0 amide bonds. The number of ether oxygens (including phenoxy) is 1. The first-order valence-electron chi connectivity index (χ1n) is 7.49. The molecule has 0 saturated heterocycles. The summed E-state index contributed by atoms with van der Waals surface area (Å²) < 4.78 is 7.08. The topological polar surface area (TPSA) is 21.3 Å². The lowest BCUT2D eigenvalue weighted by molar-refractivity contribution is 0.480. The Hall–Kier alpha value is -1.32. The van der Waals surface area contributed by atoms with E-state index in [4.69, 9.17) is 4.74 Å². The molecule has 0 atom stereocenters. The van der Waals surface area contributed by atoms with Gasteiger partial charge in [0.15, 0.2) is 0 Å². The second-order valence-corrected chi connectivity index (χ2v) is 6.38. The van der Waals surface area contributed by atoms with E-state index in [1.807, 2.05) is 19.2 Å². The van der Waals surface area contributed by atoms with E-state index < -0.39 is 0 Å². The van der Waals surface area contributed by atoms with Gasteiger partial charge in [-0.1, -0.05) is 28.1 Å². The molecule has 1 aliphatic carbocycles. The van der Waals surface area contributed by atoms with Gasteiger partial charge in [0.1, 0.15) is 11.5 Å². The number of benzene rings is 2. The largest absolute Gasteiger partial charge is 0.457 e. The monoisotopic (exact) mass is 345 g/mol. The van der Waals surface area contributed by atoms with Crippen molar-refractivity contribution in [2.24, 2.45) is 0 Å². The summed E-state index contributed by atoms with van der Waals surface area (Å²) in [6.07, 6.45) is 4.99. The second kappa shape index (κ2) is 6.63. The number of hydrogen-bond acceptors (Lipinski definition) is 2. The molecular weight excluding hydrogens is 326 g/mol. The highest BCUT2D eigenvalue weighted by atomic mass is 79.9. The summed E-state index contributed by atoms with van der Waals surface area (Å²) in [5.74, 6) is 1.81. The Labute approximate surface area is 134 Å². The molecule has 0 unspecified atom stereocenters. The van der Waals surface area contributed by atoms with Crippen LogP contribution in [0, 0.1) is 0 Å². The van der Waals surface area contributed by atoms with Crippen molar-refractivity contribution in [1.82, 2.24) is 5.32 Å². The summed E-state index contributed by atoms with van der Waals surface area (Å²) in [7, 11) is 1.95. The summed E-state index contributed by atoms with van der Waals surface area (Å²) in [6, 6.07) is 12.6. The van der Waals surface area contributed by atoms with Gasteiger partial charge in [0.25, 0.3) is 0 Å². The summed E-state index contributed by atoms with van der Waals surface area (Å²) in [5, 5.41) is 3.16. The molecule has 3 rings (SSSR count). The highest BCUT2D eigenvalue weighted by molar-refractivity contribution is 9.10. The molecule has 1 N–H and O–H groups in total. The quantitative estimate of drug-likeness (QED) is 0.855. The maximum atomic E-state index is 6.01. The van der Waals surface area contributed by atoms with Gasteiger partial charge in [-0.3, -0.25) is 0 Å². The van der Waals surface area contributed by atoms with Crippen molar-refractivity contribution in [3.63, 3.8) is 0 Å². The SMILES string of the molecule is CNCc1ccc(Oc2ccc3c(c2)CCCC3)cc1Br. The number of hydrogen-bond donors (Lipinski definition) is 1. The third-order valence-corrected chi connectivity index (χ3v) is 4.69. The smallest absolute Gasteiger partial charge is 0.128 e. The lowest BCUT2D eigenvalue weighted by atomic mass is 9.92. The lowest BCUT2D eigenvalue weighted by Crippen LogP contribution is -2.05. The van der Waals surface area contributed by atoms with Crippen LogP contribution in [0.1, 0.15) is 29.5 Å². The fraction of sp³-hybridized carbons (Fsp3) is 0.333. The van der Waals surface area contributed by atoms with E-state index in [1.165, 1.54) is 42.4 Å². The lowest BCUT2D eigenvalue weighted by Gasteiger charge is -2.17. The van der Waals surface area contributed by atoms with Crippen LogP contribution in [0.25, 0.3) is 0 Å². The van der Waals surface area contributed by atoms with Gasteiger partial charge in [0.2, 0.25) is 0 Å². The predicted molar refractivity (Wildman–Crippen MR) is 90.1 cm³/mol. The van der Waals surface area contributed by atoms with Gasteiger partial charge in [-0.05, 0) is 73.7 Å². The number of rotatable bonds is 4. The minimum Gasteiger partial charge on any atom is -0.457 e. The van der Waals surface area contributed by atoms with Crippen LogP contribution in [0.15, 0.2) is 40.9 Å². The minimum atomic E-state index is 0.847. The molecule has 21 heavy (non-hydrogen) atoms. The second-order valence-electron chi connectivity index (χ2n) is 5.52. The summed E-state index contributed by atoms with van der Waals surface area (Å²) in [6.45, 7) is 0.847. The van der Waals surface area contributed by atoms with Gasteiger partial charge < -0.3 is 10.1 Å². The molecule has 0 bridgehead atoms. The number of fused-ring (bicyclic) bond motifs is 1. The molecular formula is C18H20BrNO. The molecule has 0 heterocycles. The summed E-state index contributed by atoms with van der Waals surface area (Å²) in [5.41, 5.74) is 4.17. The van der Waals surface area contributed by atoms with Gasteiger partial charge in [0, 0.05) is 11.0 Å². The first-order chi connectivity index (χ1) is 10.3. The Kier molecular flexibility index (Phi) is 4.61. The van der Waals surface area contributed by atoms with E-state index in [2.05, 4.69) is 45.5 Å². The predicted octanol–water partition coefficient (Wildman–Crippen LogP) is 4.84. The first kappa shape index (κ1) is 14.6. The zero-order valence-corrected chi connectivity index (χ0v) is 13.9. The standard InChI is InChI=1S/C18H20BrNO/c1-20-12-15-7-9-17(11-18(15)19)21-16-8-6-13-4-2-3-5-14(13)10-16/h6-11,20H,2-5,12H2,1H3. The van der Waals surface area contributed by atoms with Crippen LogP contribution in [0.5, 0.6) is 11.5 Å². The highest BCUT2D eigenvalue weighted by Gasteiger charge is 2.10. The summed E-state index contributed by atoms with van der Waals surface area (Å²) >= 11 is 3.60. The Bertz CT molecular complexity index is 639. The molecule has 1 aliphatic rings. The van der Waals surface area contributed by atoms with Gasteiger partial charge >= 0.3 is 0 Å². The van der Waals surface area contributed by atoms with Crippen LogP contribution in [-0.4, -0.2) is 7.05 Å². The van der Waals surface area contributed by atoms with Crippen LogP contribution in [-0.2, 0) is 19.4 Å². The van der Waals surface area contributed by atoms with Gasteiger partial charge in [0.05, 0.1) is 0 Å². The van der Waals surface area contributed by atoms with Crippen LogP contribution in [0.4, 0.5) is 0 Å². The number of aryl methyl sites for hydroxylation is 2. The molecule has 0 aromatic heterocycles.